The number of hydrogen-bond donors (Lipinski definition) is 1. The van der Waals surface area contributed by atoms with Crippen LogP contribution < -0.4 is 5.09 Å². The van der Waals surface area contributed by atoms with Crippen LogP contribution in [-0.2, 0) is 13.6 Å². The Hall–Kier alpha value is -0.840. The van der Waals surface area contributed by atoms with E-state index in [4.69, 9.17) is 9.05 Å². The summed E-state index contributed by atoms with van der Waals surface area (Å²) in [5.41, 5.74) is -0.112. The molecule has 2 heterocycles. The lowest BCUT2D eigenvalue weighted by Gasteiger charge is -2.33. The first-order chi connectivity index (χ1) is 6.99. The monoisotopic (exact) mass is 232 g/mol. The molecule has 1 fully saturated rings. The molecule has 6 nitrogen and oxygen atoms in total. The zero-order valence-electron chi connectivity index (χ0n) is 8.60. The summed E-state index contributed by atoms with van der Waals surface area (Å²) < 4.78 is 26.9. The predicted octanol–water partition coefficient (Wildman–Crippen LogP) is 2.27. The third-order valence-corrected chi connectivity index (χ3v) is 3.38. The van der Waals surface area contributed by atoms with Crippen LogP contribution in [0.3, 0.4) is 0 Å². The first-order valence-corrected chi connectivity index (χ1v) is 6.11. The van der Waals surface area contributed by atoms with Crippen molar-refractivity contribution in [1.82, 2.24) is 5.16 Å². The Morgan fingerprint density at radius 1 is 1.47 bits per heavy atom. The van der Waals surface area contributed by atoms with E-state index in [1.807, 2.05) is 13.8 Å². The fourth-order valence-corrected chi connectivity index (χ4v) is 2.71. The summed E-state index contributed by atoms with van der Waals surface area (Å²) in [7, 11) is -3.25. The molecule has 1 aromatic heterocycles. The van der Waals surface area contributed by atoms with Crippen LogP contribution in [0.2, 0.25) is 0 Å². The summed E-state index contributed by atoms with van der Waals surface area (Å²) in [5, 5.41) is 6.15. The Balaban J connectivity index is 2.01. The molecule has 0 aromatic carbocycles. The van der Waals surface area contributed by atoms with Gasteiger partial charge in [0.05, 0.1) is 13.2 Å². The lowest BCUT2D eigenvalue weighted by atomic mass is 9.97. The molecule has 0 atom stereocenters. The lowest BCUT2D eigenvalue weighted by Crippen LogP contribution is -2.30. The highest BCUT2D eigenvalue weighted by Gasteiger charge is 2.37. The highest BCUT2D eigenvalue weighted by Crippen LogP contribution is 2.52. The van der Waals surface area contributed by atoms with Crippen LogP contribution in [0.15, 0.2) is 16.9 Å². The van der Waals surface area contributed by atoms with E-state index >= 15 is 0 Å². The van der Waals surface area contributed by atoms with Gasteiger partial charge >= 0.3 is 7.75 Å². The predicted molar refractivity (Wildman–Crippen MR) is 53.4 cm³/mol. The van der Waals surface area contributed by atoms with E-state index in [0.717, 1.165) is 0 Å². The van der Waals surface area contributed by atoms with Crippen molar-refractivity contribution in [2.45, 2.75) is 13.8 Å². The Kier molecular flexibility index (Phi) is 2.58. The Bertz CT molecular complexity index is 362. The number of anilines is 1. The Morgan fingerprint density at radius 3 is 2.67 bits per heavy atom. The van der Waals surface area contributed by atoms with Gasteiger partial charge in [0.2, 0.25) is 0 Å². The third kappa shape index (κ3) is 2.59. The van der Waals surface area contributed by atoms with E-state index in [9.17, 15) is 4.57 Å². The number of aromatic nitrogens is 1. The van der Waals surface area contributed by atoms with E-state index < -0.39 is 7.75 Å². The highest BCUT2D eigenvalue weighted by molar-refractivity contribution is 7.55. The van der Waals surface area contributed by atoms with Gasteiger partial charge in [0.1, 0.15) is 6.26 Å². The highest BCUT2D eigenvalue weighted by atomic mass is 31.2. The van der Waals surface area contributed by atoms with Gasteiger partial charge in [-0.1, -0.05) is 19.0 Å². The molecule has 0 aliphatic carbocycles. The normalized spacial score (nSPS) is 23.6. The molecule has 0 spiro atoms. The third-order valence-electron chi connectivity index (χ3n) is 1.94. The molecule has 84 valence electrons. The van der Waals surface area contributed by atoms with E-state index in [-0.39, 0.29) is 5.41 Å². The number of hydrogen-bond acceptors (Lipinski definition) is 5. The second kappa shape index (κ2) is 3.63. The fraction of sp³-hybridized carbons (Fsp3) is 0.625. The summed E-state index contributed by atoms with van der Waals surface area (Å²) in [6.45, 7) is 4.73. The van der Waals surface area contributed by atoms with Gasteiger partial charge in [-0.25, -0.2) is 4.57 Å². The van der Waals surface area contributed by atoms with Gasteiger partial charge in [-0.05, 0) is 0 Å². The molecule has 0 amide bonds. The topological polar surface area (TPSA) is 73.6 Å². The minimum absolute atomic E-state index is 0.112. The average molecular weight is 232 g/mol. The first kappa shape index (κ1) is 10.7. The van der Waals surface area contributed by atoms with E-state index in [2.05, 4.69) is 14.8 Å². The van der Waals surface area contributed by atoms with Crippen LogP contribution in [0, 0.1) is 5.41 Å². The molecule has 7 heteroatoms. The maximum absolute atomic E-state index is 12.0. The second-order valence-electron chi connectivity index (χ2n) is 4.21. The van der Waals surface area contributed by atoms with Crippen molar-refractivity contribution in [3.05, 3.63) is 12.3 Å². The zero-order valence-corrected chi connectivity index (χ0v) is 9.49. The molecule has 0 saturated carbocycles. The second-order valence-corrected chi connectivity index (χ2v) is 5.94. The van der Waals surface area contributed by atoms with Gasteiger partial charge < -0.3 is 4.52 Å². The molecule has 0 bridgehead atoms. The molecule has 1 aromatic rings. The minimum atomic E-state index is -3.25. The van der Waals surface area contributed by atoms with Crippen molar-refractivity contribution in [3.8, 4) is 0 Å². The average Bonchev–Trinajstić information content (AvgIpc) is 2.64. The van der Waals surface area contributed by atoms with Crippen LogP contribution in [-0.4, -0.2) is 18.4 Å². The van der Waals surface area contributed by atoms with Gasteiger partial charge in [-0.15, -0.1) is 0 Å². The maximum Gasteiger partial charge on any atom is 0.434 e. The zero-order chi connectivity index (χ0) is 10.9. The van der Waals surface area contributed by atoms with Gasteiger partial charge in [0, 0.05) is 11.5 Å². The molecule has 1 saturated heterocycles. The molecule has 1 N–H and O–H groups in total. The van der Waals surface area contributed by atoms with Gasteiger partial charge in [0.25, 0.3) is 0 Å². The summed E-state index contributed by atoms with van der Waals surface area (Å²) in [6.07, 6.45) is 1.38. The van der Waals surface area contributed by atoms with Gasteiger partial charge in [-0.3, -0.25) is 14.1 Å². The number of nitrogens with one attached hydrogen (secondary N) is 1. The molecule has 15 heavy (non-hydrogen) atoms. The van der Waals surface area contributed by atoms with Crippen molar-refractivity contribution in [3.63, 3.8) is 0 Å². The number of nitrogens with zero attached hydrogens (tertiary/aromatic N) is 1. The molecular weight excluding hydrogens is 219 g/mol. The molecule has 2 rings (SSSR count). The van der Waals surface area contributed by atoms with Crippen molar-refractivity contribution in [2.75, 3.05) is 18.3 Å². The van der Waals surface area contributed by atoms with E-state index in [0.29, 0.717) is 19.0 Å². The van der Waals surface area contributed by atoms with E-state index in [1.165, 1.54) is 6.26 Å². The summed E-state index contributed by atoms with van der Waals surface area (Å²) in [6, 6.07) is 1.55. The Morgan fingerprint density at radius 2 is 2.13 bits per heavy atom. The molecule has 0 radical (unpaired) electrons. The molecule has 1 aliphatic rings. The van der Waals surface area contributed by atoms with E-state index in [1.54, 1.807) is 6.07 Å². The van der Waals surface area contributed by atoms with Crippen LogP contribution >= 0.6 is 7.75 Å². The summed E-state index contributed by atoms with van der Waals surface area (Å²) >= 11 is 0. The summed E-state index contributed by atoms with van der Waals surface area (Å²) in [5.74, 6) is 0.345. The molecular formula is C8H13N2O4P. The van der Waals surface area contributed by atoms with Crippen molar-refractivity contribution < 1.29 is 18.1 Å². The first-order valence-electron chi connectivity index (χ1n) is 4.57. The van der Waals surface area contributed by atoms with Crippen LogP contribution in [0.4, 0.5) is 5.82 Å². The van der Waals surface area contributed by atoms with Crippen molar-refractivity contribution in [2.24, 2.45) is 5.41 Å². The maximum atomic E-state index is 12.0. The van der Waals surface area contributed by atoms with Crippen LogP contribution in [0.1, 0.15) is 13.8 Å². The molecule has 0 unspecified atom stereocenters. The minimum Gasteiger partial charge on any atom is -0.363 e. The van der Waals surface area contributed by atoms with Crippen molar-refractivity contribution in [1.29, 1.82) is 0 Å². The number of rotatable bonds is 2. The SMILES string of the molecule is CC1(C)COP(=O)(Nc2ccon2)OC1. The van der Waals surface area contributed by atoms with Crippen LogP contribution in [0.5, 0.6) is 0 Å². The van der Waals surface area contributed by atoms with Gasteiger partial charge in [0.15, 0.2) is 5.82 Å². The van der Waals surface area contributed by atoms with Crippen molar-refractivity contribution >= 4 is 13.6 Å². The standard InChI is InChI=1S/C8H13N2O4P/c1-8(2)5-13-15(11,14-6-8)10-7-3-4-12-9-7/h3-4H,5-6H2,1-2H3,(H,9,10,11). The van der Waals surface area contributed by atoms with Gasteiger partial charge in [-0.2, -0.15) is 0 Å². The largest absolute Gasteiger partial charge is 0.434 e. The smallest absolute Gasteiger partial charge is 0.363 e. The molecule has 1 aliphatic heterocycles. The lowest BCUT2D eigenvalue weighted by molar-refractivity contribution is 0.0437. The van der Waals surface area contributed by atoms with Crippen LogP contribution in [0.25, 0.3) is 0 Å². The Labute approximate surface area is 87.5 Å². The fourth-order valence-electron chi connectivity index (χ4n) is 1.07. The summed E-state index contributed by atoms with van der Waals surface area (Å²) in [4.78, 5) is 0. The quantitative estimate of drug-likeness (QED) is 0.788.